The Bertz CT molecular complexity index is 253. The summed E-state index contributed by atoms with van der Waals surface area (Å²) in [6, 6.07) is 0.556. The molecule has 78 valence electrons. The van der Waals surface area contributed by atoms with E-state index in [1.165, 1.54) is 6.26 Å². The molecule has 0 amide bonds. The Kier molecular flexibility index (Phi) is 3.32. The SMILES string of the molecule is CC(C)N1CCN(S(C)(=N)=O)CC1. The van der Waals surface area contributed by atoms with E-state index in [4.69, 9.17) is 4.78 Å². The summed E-state index contributed by atoms with van der Waals surface area (Å²) in [7, 11) is -2.47. The maximum atomic E-state index is 11.4. The fourth-order valence-electron chi connectivity index (χ4n) is 1.57. The average molecular weight is 205 g/mol. The van der Waals surface area contributed by atoms with Crippen molar-refractivity contribution in [2.75, 3.05) is 32.4 Å². The molecule has 1 unspecified atom stereocenters. The van der Waals surface area contributed by atoms with Gasteiger partial charge in [0.15, 0.2) is 0 Å². The normalized spacial score (nSPS) is 26.2. The number of piperazine rings is 1. The third kappa shape index (κ3) is 2.93. The second-order valence-electron chi connectivity index (χ2n) is 3.86. The molecular weight excluding hydrogens is 186 g/mol. The molecule has 1 N–H and O–H groups in total. The summed E-state index contributed by atoms with van der Waals surface area (Å²) in [6.07, 6.45) is 1.50. The number of hydrogen-bond donors (Lipinski definition) is 1. The molecule has 1 fully saturated rings. The fourth-order valence-corrected chi connectivity index (χ4v) is 2.43. The van der Waals surface area contributed by atoms with Crippen LogP contribution in [0.4, 0.5) is 0 Å². The molecule has 4 nitrogen and oxygen atoms in total. The van der Waals surface area contributed by atoms with E-state index in [1.54, 1.807) is 4.31 Å². The maximum absolute atomic E-state index is 11.4. The van der Waals surface area contributed by atoms with Gasteiger partial charge in [-0.05, 0) is 13.8 Å². The monoisotopic (exact) mass is 205 g/mol. The van der Waals surface area contributed by atoms with Crippen LogP contribution in [0.5, 0.6) is 0 Å². The molecule has 0 aromatic heterocycles. The van der Waals surface area contributed by atoms with E-state index in [1.807, 2.05) is 0 Å². The molecule has 0 radical (unpaired) electrons. The first kappa shape index (κ1) is 10.9. The van der Waals surface area contributed by atoms with Crippen LogP contribution in [-0.2, 0) is 9.92 Å². The first-order chi connectivity index (χ1) is 5.91. The van der Waals surface area contributed by atoms with Gasteiger partial charge in [-0.25, -0.2) is 13.3 Å². The minimum absolute atomic E-state index is 0.556. The van der Waals surface area contributed by atoms with Crippen molar-refractivity contribution in [1.29, 1.82) is 4.78 Å². The van der Waals surface area contributed by atoms with Crippen LogP contribution in [0.1, 0.15) is 13.8 Å². The minimum Gasteiger partial charge on any atom is -0.298 e. The van der Waals surface area contributed by atoms with E-state index in [0.29, 0.717) is 6.04 Å². The molecule has 5 heteroatoms. The van der Waals surface area contributed by atoms with Crippen LogP contribution in [0.2, 0.25) is 0 Å². The molecule has 1 saturated heterocycles. The summed E-state index contributed by atoms with van der Waals surface area (Å²) in [5.41, 5.74) is 0. The highest BCUT2D eigenvalue weighted by atomic mass is 32.2. The minimum atomic E-state index is -2.47. The van der Waals surface area contributed by atoms with E-state index in [-0.39, 0.29) is 0 Å². The van der Waals surface area contributed by atoms with Crippen molar-refractivity contribution in [3.05, 3.63) is 0 Å². The molecule has 0 aliphatic carbocycles. The highest BCUT2D eigenvalue weighted by Crippen LogP contribution is 2.08. The van der Waals surface area contributed by atoms with E-state index >= 15 is 0 Å². The van der Waals surface area contributed by atoms with Crippen molar-refractivity contribution in [3.63, 3.8) is 0 Å². The van der Waals surface area contributed by atoms with Crippen LogP contribution in [0.15, 0.2) is 0 Å². The molecule has 1 aliphatic heterocycles. The zero-order chi connectivity index (χ0) is 10.1. The molecule has 1 aliphatic rings. The van der Waals surface area contributed by atoms with E-state index < -0.39 is 9.92 Å². The van der Waals surface area contributed by atoms with E-state index in [9.17, 15) is 4.21 Å². The number of hydrogen-bond acceptors (Lipinski definition) is 3. The zero-order valence-electron chi connectivity index (χ0n) is 8.62. The van der Waals surface area contributed by atoms with Gasteiger partial charge in [0.05, 0.1) is 0 Å². The van der Waals surface area contributed by atoms with Gasteiger partial charge in [0.2, 0.25) is 0 Å². The van der Waals surface area contributed by atoms with Crippen LogP contribution < -0.4 is 0 Å². The Morgan fingerprint density at radius 2 is 1.69 bits per heavy atom. The Balaban J connectivity index is 2.49. The van der Waals surface area contributed by atoms with Crippen LogP contribution in [0.25, 0.3) is 0 Å². The molecule has 1 atom stereocenters. The lowest BCUT2D eigenvalue weighted by Gasteiger charge is -2.36. The van der Waals surface area contributed by atoms with Gasteiger partial charge in [-0.1, -0.05) is 0 Å². The molecule has 1 rings (SSSR count). The van der Waals surface area contributed by atoms with Crippen LogP contribution in [0, 0.1) is 4.78 Å². The zero-order valence-corrected chi connectivity index (χ0v) is 9.43. The largest absolute Gasteiger partial charge is 0.298 e. The number of rotatable bonds is 2. The Morgan fingerprint density at radius 1 is 1.23 bits per heavy atom. The summed E-state index contributed by atoms with van der Waals surface area (Å²) in [5, 5.41) is 0. The smallest absolute Gasteiger partial charge is 0.104 e. The van der Waals surface area contributed by atoms with Crippen molar-refractivity contribution >= 4 is 9.92 Å². The third-order valence-electron chi connectivity index (χ3n) is 2.50. The number of nitrogens with one attached hydrogen (secondary N) is 1. The van der Waals surface area contributed by atoms with E-state index in [2.05, 4.69) is 18.7 Å². The summed E-state index contributed by atoms with van der Waals surface area (Å²) in [4.78, 5) is 2.35. The van der Waals surface area contributed by atoms with Crippen LogP contribution >= 0.6 is 0 Å². The van der Waals surface area contributed by atoms with Gasteiger partial charge < -0.3 is 0 Å². The molecule has 0 bridgehead atoms. The molecule has 0 aromatic carbocycles. The standard InChI is InChI=1S/C8H19N3OS/c1-8(2)10-4-6-11(7-5-10)13(3,9)12/h8-9H,4-7H2,1-3H3. The molecule has 0 saturated carbocycles. The first-order valence-corrected chi connectivity index (χ1v) is 6.56. The van der Waals surface area contributed by atoms with Crippen molar-refractivity contribution in [3.8, 4) is 0 Å². The van der Waals surface area contributed by atoms with Gasteiger partial charge in [-0.15, -0.1) is 0 Å². The topological polar surface area (TPSA) is 47.4 Å². The van der Waals surface area contributed by atoms with Crippen molar-refractivity contribution in [2.24, 2.45) is 0 Å². The third-order valence-corrected chi connectivity index (χ3v) is 3.85. The van der Waals surface area contributed by atoms with Crippen molar-refractivity contribution < 1.29 is 4.21 Å². The second kappa shape index (κ2) is 3.94. The van der Waals surface area contributed by atoms with Gasteiger partial charge in [-0.3, -0.25) is 4.90 Å². The van der Waals surface area contributed by atoms with Crippen LogP contribution in [-0.4, -0.2) is 51.9 Å². The Labute approximate surface area is 81.0 Å². The second-order valence-corrected chi connectivity index (χ2v) is 5.98. The predicted octanol–water partition coefficient (Wildman–Crippen LogP) is 0.604. The summed E-state index contributed by atoms with van der Waals surface area (Å²) in [6.45, 7) is 7.72. The quantitative estimate of drug-likeness (QED) is 0.718. The summed E-state index contributed by atoms with van der Waals surface area (Å²) >= 11 is 0. The molecular formula is C8H19N3OS. The van der Waals surface area contributed by atoms with Gasteiger partial charge in [0, 0.05) is 38.5 Å². The molecule has 0 aromatic rings. The lowest BCUT2D eigenvalue weighted by atomic mass is 10.3. The van der Waals surface area contributed by atoms with Crippen molar-refractivity contribution in [2.45, 2.75) is 19.9 Å². The molecule has 1 heterocycles. The van der Waals surface area contributed by atoms with Crippen LogP contribution in [0.3, 0.4) is 0 Å². The lowest BCUT2D eigenvalue weighted by molar-refractivity contribution is 0.156. The highest BCUT2D eigenvalue weighted by molar-refractivity contribution is 7.89. The predicted molar refractivity (Wildman–Crippen MR) is 55.1 cm³/mol. The maximum Gasteiger partial charge on any atom is 0.104 e. The summed E-state index contributed by atoms with van der Waals surface area (Å²) < 4.78 is 20.6. The van der Waals surface area contributed by atoms with Gasteiger partial charge in [-0.2, -0.15) is 0 Å². The Hall–Kier alpha value is -0.130. The van der Waals surface area contributed by atoms with Gasteiger partial charge in [0.1, 0.15) is 9.92 Å². The fraction of sp³-hybridized carbons (Fsp3) is 1.00. The van der Waals surface area contributed by atoms with Gasteiger partial charge in [0.25, 0.3) is 0 Å². The average Bonchev–Trinajstić information content (AvgIpc) is 2.03. The van der Waals surface area contributed by atoms with Crippen molar-refractivity contribution in [1.82, 2.24) is 9.21 Å². The van der Waals surface area contributed by atoms with Gasteiger partial charge >= 0.3 is 0 Å². The van der Waals surface area contributed by atoms with E-state index in [0.717, 1.165) is 26.2 Å². The Morgan fingerprint density at radius 3 is 2.00 bits per heavy atom. The highest BCUT2D eigenvalue weighted by Gasteiger charge is 2.22. The molecule has 0 spiro atoms. The molecule has 13 heavy (non-hydrogen) atoms. The first-order valence-electron chi connectivity index (χ1n) is 4.64. The number of nitrogens with zero attached hydrogens (tertiary/aromatic N) is 2. The lowest BCUT2D eigenvalue weighted by Crippen LogP contribution is -2.50. The summed E-state index contributed by atoms with van der Waals surface area (Å²) in [5.74, 6) is 0.